The lowest BCUT2D eigenvalue weighted by Crippen LogP contribution is -2.43. The van der Waals surface area contributed by atoms with E-state index >= 15 is 0 Å². The Morgan fingerprint density at radius 3 is 2.62 bits per heavy atom. The smallest absolute Gasteiger partial charge is 0.276 e. The number of carbonyl (C=O) groups excluding carboxylic acids is 2. The van der Waals surface area contributed by atoms with Crippen LogP contribution in [0, 0.1) is 6.92 Å². The van der Waals surface area contributed by atoms with E-state index in [0.717, 1.165) is 14.5 Å². The number of hydrogen-bond acceptors (Lipinski definition) is 3. The predicted molar refractivity (Wildman–Crippen MR) is 109 cm³/mol. The molecule has 2 amide bonds. The third-order valence-electron chi connectivity index (χ3n) is 3.19. The molecule has 0 unspecified atom stereocenters. The number of nitrogens with one attached hydrogen (secondary N) is 2. The highest BCUT2D eigenvalue weighted by molar-refractivity contribution is 9.11. The summed E-state index contributed by atoms with van der Waals surface area (Å²) in [7, 11) is 0. The Hall–Kier alpha value is -1.83. The Bertz CT molecular complexity index is 833. The van der Waals surface area contributed by atoms with Crippen molar-refractivity contribution in [3.05, 3.63) is 67.6 Å². The average molecular weight is 503 g/mol. The fourth-order valence-electron chi connectivity index (χ4n) is 1.99. The van der Waals surface area contributed by atoms with Crippen molar-refractivity contribution >= 4 is 61.4 Å². The molecule has 0 atom stereocenters. The van der Waals surface area contributed by atoms with Crippen molar-refractivity contribution in [2.24, 2.45) is 0 Å². The maximum atomic E-state index is 11.8. The fourth-order valence-corrected chi connectivity index (χ4v) is 3.75. The summed E-state index contributed by atoms with van der Waals surface area (Å²) in [6.07, 6.45) is 2.83. The van der Waals surface area contributed by atoms with Gasteiger partial charge in [0, 0.05) is 15.6 Å². The number of aryl methyl sites for hydroxylation is 1. The highest BCUT2D eigenvalue weighted by Gasteiger charge is 2.10. The first-order chi connectivity index (χ1) is 12.4. The molecule has 26 heavy (non-hydrogen) atoms. The van der Waals surface area contributed by atoms with Crippen molar-refractivity contribution in [2.75, 3.05) is 6.61 Å². The second-order valence-corrected chi connectivity index (χ2v) is 7.39. The van der Waals surface area contributed by atoms with Crippen LogP contribution in [0.15, 0.2) is 51.4 Å². The molecule has 2 N–H and O–H groups in total. The molecule has 0 heterocycles. The lowest BCUT2D eigenvalue weighted by molar-refractivity contribution is -0.128. The molecule has 0 fully saturated rings. The van der Waals surface area contributed by atoms with Crippen LogP contribution in [0.2, 0.25) is 5.02 Å². The van der Waals surface area contributed by atoms with Crippen molar-refractivity contribution in [1.82, 2.24) is 10.9 Å². The minimum atomic E-state index is -0.487. The van der Waals surface area contributed by atoms with Crippen LogP contribution in [0.4, 0.5) is 0 Å². The normalized spacial score (nSPS) is 10.6. The molecule has 136 valence electrons. The summed E-state index contributed by atoms with van der Waals surface area (Å²) in [4.78, 5) is 23.6. The molecule has 0 radical (unpaired) electrons. The van der Waals surface area contributed by atoms with Gasteiger partial charge in [-0.1, -0.05) is 45.7 Å². The minimum Gasteiger partial charge on any atom is -0.482 e. The van der Waals surface area contributed by atoms with E-state index in [2.05, 4.69) is 42.7 Å². The number of hydrazine groups is 1. The first kappa shape index (κ1) is 20.5. The molecule has 0 saturated carbocycles. The van der Waals surface area contributed by atoms with Crippen LogP contribution in [-0.4, -0.2) is 18.4 Å². The van der Waals surface area contributed by atoms with Crippen molar-refractivity contribution in [3.63, 3.8) is 0 Å². The summed E-state index contributed by atoms with van der Waals surface area (Å²) >= 11 is 12.8. The van der Waals surface area contributed by atoms with Gasteiger partial charge in [0.25, 0.3) is 11.8 Å². The van der Waals surface area contributed by atoms with Crippen LogP contribution < -0.4 is 15.6 Å². The third kappa shape index (κ3) is 6.16. The van der Waals surface area contributed by atoms with Gasteiger partial charge in [0.2, 0.25) is 0 Å². The quantitative estimate of drug-likeness (QED) is 0.470. The van der Waals surface area contributed by atoms with Gasteiger partial charge < -0.3 is 4.74 Å². The van der Waals surface area contributed by atoms with Gasteiger partial charge in [0.15, 0.2) is 6.61 Å². The topological polar surface area (TPSA) is 67.4 Å². The zero-order valence-electron chi connectivity index (χ0n) is 13.7. The number of benzene rings is 2. The Morgan fingerprint density at radius 2 is 1.92 bits per heavy atom. The lowest BCUT2D eigenvalue weighted by Gasteiger charge is -2.12. The summed E-state index contributed by atoms with van der Waals surface area (Å²) in [6, 6.07) is 10.8. The molecule has 5 nitrogen and oxygen atoms in total. The Labute approximate surface area is 173 Å². The van der Waals surface area contributed by atoms with E-state index in [1.54, 1.807) is 24.3 Å². The van der Waals surface area contributed by atoms with Crippen molar-refractivity contribution in [1.29, 1.82) is 0 Å². The predicted octanol–water partition coefficient (Wildman–Crippen LogP) is 4.41. The monoisotopic (exact) mass is 500 g/mol. The average Bonchev–Trinajstić information content (AvgIpc) is 2.58. The van der Waals surface area contributed by atoms with E-state index in [-0.39, 0.29) is 6.61 Å². The van der Waals surface area contributed by atoms with Gasteiger partial charge in [-0.3, -0.25) is 20.4 Å². The first-order valence-corrected chi connectivity index (χ1v) is 9.43. The van der Waals surface area contributed by atoms with Crippen molar-refractivity contribution in [3.8, 4) is 5.75 Å². The molecule has 0 aromatic heterocycles. The van der Waals surface area contributed by atoms with E-state index in [1.807, 2.05) is 25.1 Å². The van der Waals surface area contributed by atoms with Gasteiger partial charge in [-0.25, -0.2) is 0 Å². The van der Waals surface area contributed by atoms with E-state index in [4.69, 9.17) is 16.3 Å². The third-order valence-corrected chi connectivity index (χ3v) is 4.58. The van der Waals surface area contributed by atoms with E-state index < -0.39 is 11.8 Å². The molecule has 2 rings (SSSR count). The Balaban J connectivity index is 1.82. The van der Waals surface area contributed by atoms with Gasteiger partial charge in [0.05, 0.1) is 4.47 Å². The van der Waals surface area contributed by atoms with Crippen LogP contribution in [0.3, 0.4) is 0 Å². The van der Waals surface area contributed by atoms with Crippen LogP contribution in [0.5, 0.6) is 5.75 Å². The van der Waals surface area contributed by atoms with E-state index in [0.29, 0.717) is 16.3 Å². The van der Waals surface area contributed by atoms with E-state index in [1.165, 1.54) is 6.08 Å². The summed E-state index contributed by atoms with van der Waals surface area (Å²) in [5, 5.41) is 0.532. The highest BCUT2D eigenvalue weighted by Crippen LogP contribution is 2.32. The number of halogens is 3. The second-order valence-electron chi connectivity index (χ2n) is 5.21. The van der Waals surface area contributed by atoms with E-state index in [9.17, 15) is 9.59 Å². The summed E-state index contributed by atoms with van der Waals surface area (Å²) in [6.45, 7) is 1.62. The Kier molecular flexibility index (Phi) is 7.68. The molecule has 0 aliphatic rings. The number of amides is 2. The lowest BCUT2D eigenvalue weighted by atomic mass is 10.2. The van der Waals surface area contributed by atoms with Gasteiger partial charge in [-0.05, 0) is 58.3 Å². The number of ether oxygens (including phenoxy) is 1. The Morgan fingerprint density at radius 1 is 1.19 bits per heavy atom. The maximum Gasteiger partial charge on any atom is 0.276 e. The largest absolute Gasteiger partial charge is 0.482 e. The second kappa shape index (κ2) is 9.75. The fraction of sp³-hybridized carbons (Fsp3) is 0.111. The molecule has 0 aliphatic carbocycles. The molecular weight excluding hydrogens is 487 g/mol. The van der Waals surface area contributed by atoms with Gasteiger partial charge in [-0.15, -0.1) is 0 Å². The molecule has 2 aromatic carbocycles. The molecule has 0 bridgehead atoms. The van der Waals surface area contributed by atoms with Crippen LogP contribution >= 0.6 is 43.5 Å². The SMILES string of the molecule is Cc1cc(Br)cc(Br)c1OCC(=O)NNC(=O)/C=C/c1ccccc1Cl. The van der Waals surface area contributed by atoms with Crippen molar-refractivity contribution in [2.45, 2.75) is 6.92 Å². The maximum absolute atomic E-state index is 11.8. The summed E-state index contributed by atoms with van der Waals surface area (Å²) in [5.74, 6) is -0.411. The van der Waals surface area contributed by atoms with Crippen LogP contribution in [0.25, 0.3) is 6.08 Å². The van der Waals surface area contributed by atoms with Gasteiger partial charge in [-0.2, -0.15) is 0 Å². The summed E-state index contributed by atoms with van der Waals surface area (Å²) < 4.78 is 7.12. The molecule has 8 heteroatoms. The van der Waals surface area contributed by atoms with Gasteiger partial charge >= 0.3 is 0 Å². The molecular formula is C18H15Br2ClN2O3. The molecule has 0 aliphatic heterocycles. The highest BCUT2D eigenvalue weighted by atomic mass is 79.9. The number of rotatable bonds is 5. The van der Waals surface area contributed by atoms with Crippen LogP contribution in [0.1, 0.15) is 11.1 Å². The molecule has 2 aromatic rings. The zero-order chi connectivity index (χ0) is 19.1. The number of carbonyl (C=O) groups is 2. The summed E-state index contributed by atoms with van der Waals surface area (Å²) in [5.41, 5.74) is 6.13. The zero-order valence-corrected chi connectivity index (χ0v) is 17.6. The molecule has 0 spiro atoms. The van der Waals surface area contributed by atoms with Gasteiger partial charge in [0.1, 0.15) is 5.75 Å². The first-order valence-electron chi connectivity index (χ1n) is 7.46. The molecule has 0 saturated heterocycles. The standard InChI is InChI=1S/C18H15Br2ClN2O3/c1-11-8-13(19)9-14(20)18(11)26-10-17(25)23-22-16(24)7-6-12-4-2-3-5-15(12)21/h2-9H,10H2,1H3,(H,22,24)(H,23,25)/b7-6+. The number of hydrogen-bond donors (Lipinski definition) is 2. The van der Waals surface area contributed by atoms with Crippen LogP contribution in [-0.2, 0) is 9.59 Å². The minimum absolute atomic E-state index is 0.240. The van der Waals surface area contributed by atoms with Crippen molar-refractivity contribution < 1.29 is 14.3 Å².